The van der Waals surface area contributed by atoms with E-state index < -0.39 is 32.4 Å². The number of aryl methyl sites for hydroxylation is 1. The second-order valence-corrected chi connectivity index (χ2v) is 9.40. The average Bonchev–Trinajstić information content (AvgIpc) is 3.20. The van der Waals surface area contributed by atoms with E-state index >= 15 is 0 Å². The van der Waals surface area contributed by atoms with Gasteiger partial charge in [0, 0.05) is 12.5 Å². The van der Waals surface area contributed by atoms with E-state index in [1.165, 1.54) is 0 Å². The number of benzene rings is 2. The Morgan fingerprint density at radius 1 is 1.17 bits per heavy atom. The number of carbonyl (C=O) groups excluding carboxylic acids is 1. The molecule has 7 nitrogen and oxygen atoms in total. The molecule has 1 aliphatic carbocycles. The van der Waals surface area contributed by atoms with Gasteiger partial charge in [-0.2, -0.15) is 0 Å². The van der Waals surface area contributed by atoms with Crippen LogP contribution < -0.4 is 15.2 Å². The Bertz CT molecular complexity index is 1050. The van der Waals surface area contributed by atoms with Gasteiger partial charge >= 0.3 is 5.97 Å². The van der Waals surface area contributed by atoms with Gasteiger partial charge in [-0.3, -0.25) is 4.79 Å². The smallest absolute Gasteiger partial charge is 0.315 e. The van der Waals surface area contributed by atoms with Crippen LogP contribution in [0, 0.1) is 12.3 Å². The van der Waals surface area contributed by atoms with Crippen molar-refractivity contribution in [1.82, 2.24) is 0 Å². The van der Waals surface area contributed by atoms with Crippen molar-refractivity contribution in [1.29, 1.82) is 0 Å². The van der Waals surface area contributed by atoms with Crippen LogP contribution in [0.1, 0.15) is 24.0 Å². The monoisotopic (exact) mass is 417 g/mol. The van der Waals surface area contributed by atoms with Crippen molar-refractivity contribution < 1.29 is 27.4 Å². The fourth-order valence-corrected chi connectivity index (χ4v) is 6.53. The van der Waals surface area contributed by atoms with E-state index in [1.54, 1.807) is 49.4 Å². The summed E-state index contributed by atoms with van der Waals surface area (Å²) in [6, 6.07) is 11.8. The topological polar surface area (TPSA) is 105 Å². The first-order chi connectivity index (χ1) is 13.9. The van der Waals surface area contributed by atoms with Gasteiger partial charge in [0.25, 0.3) is 0 Å². The Morgan fingerprint density at radius 2 is 1.86 bits per heavy atom. The molecule has 0 amide bonds. The standard InChI is InChI=1S/C21H23NO6S/c1-3-26-20(23)21(11-22)18(14-6-9-16-17(10-14)28-12-27-16)19(21)29(24,25)15-7-4-13(2)5-8-15/h4-10,18-19H,3,11-12,22H2,1-2H3/t18-,19-,21-/m0/s1. The van der Waals surface area contributed by atoms with Crippen LogP contribution in [-0.2, 0) is 19.4 Å². The fraction of sp³-hybridized carbons (Fsp3) is 0.381. The molecule has 2 aromatic carbocycles. The van der Waals surface area contributed by atoms with Crippen LogP contribution in [0.25, 0.3) is 0 Å². The third-order valence-corrected chi connectivity index (χ3v) is 7.98. The first-order valence-electron chi connectivity index (χ1n) is 9.43. The maximum Gasteiger partial charge on any atom is 0.315 e. The molecule has 1 saturated carbocycles. The third-order valence-electron chi connectivity index (χ3n) is 5.69. The molecule has 0 bridgehead atoms. The van der Waals surface area contributed by atoms with Crippen molar-refractivity contribution in [2.75, 3.05) is 19.9 Å². The number of hydrogen-bond acceptors (Lipinski definition) is 7. The third kappa shape index (κ3) is 2.98. The van der Waals surface area contributed by atoms with E-state index in [9.17, 15) is 13.2 Å². The highest BCUT2D eigenvalue weighted by atomic mass is 32.2. The van der Waals surface area contributed by atoms with Crippen molar-refractivity contribution in [3.8, 4) is 11.5 Å². The van der Waals surface area contributed by atoms with E-state index in [2.05, 4.69) is 0 Å². The molecular weight excluding hydrogens is 394 g/mol. The SMILES string of the molecule is CCOC(=O)[C@@]1(CN)[C@@H](c2ccc3c(c2)OCO3)[C@@H]1S(=O)(=O)c1ccc(C)cc1. The fourth-order valence-electron chi connectivity index (χ4n) is 4.15. The van der Waals surface area contributed by atoms with Gasteiger partial charge in [-0.1, -0.05) is 23.8 Å². The van der Waals surface area contributed by atoms with Gasteiger partial charge in [-0.05, 0) is 43.7 Å². The van der Waals surface area contributed by atoms with Gasteiger partial charge in [0.15, 0.2) is 21.3 Å². The zero-order valence-corrected chi connectivity index (χ0v) is 17.1. The van der Waals surface area contributed by atoms with Crippen molar-refractivity contribution >= 4 is 15.8 Å². The lowest BCUT2D eigenvalue weighted by Gasteiger charge is -2.14. The molecule has 0 radical (unpaired) electrons. The van der Waals surface area contributed by atoms with Crippen LogP contribution in [0.5, 0.6) is 11.5 Å². The molecule has 2 N–H and O–H groups in total. The van der Waals surface area contributed by atoms with Gasteiger partial charge in [0.2, 0.25) is 6.79 Å². The summed E-state index contributed by atoms with van der Waals surface area (Å²) in [7, 11) is -3.83. The van der Waals surface area contributed by atoms with E-state index in [1.807, 2.05) is 6.92 Å². The first-order valence-corrected chi connectivity index (χ1v) is 11.0. The minimum atomic E-state index is -3.83. The molecule has 1 heterocycles. The Balaban J connectivity index is 1.81. The number of sulfone groups is 1. The zero-order chi connectivity index (χ0) is 20.8. The van der Waals surface area contributed by atoms with Gasteiger partial charge in [0.05, 0.1) is 16.8 Å². The van der Waals surface area contributed by atoms with Crippen LogP contribution in [0.4, 0.5) is 0 Å². The van der Waals surface area contributed by atoms with E-state index in [-0.39, 0.29) is 24.8 Å². The number of carbonyl (C=O) groups is 1. The number of nitrogens with two attached hydrogens (primary N) is 1. The lowest BCUT2D eigenvalue weighted by atomic mass is 9.99. The zero-order valence-electron chi connectivity index (χ0n) is 16.3. The number of esters is 1. The molecule has 1 aliphatic heterocycles. The summed E-state index contributed by atoms with van der Waals surface area (Å²) in [6.45, 7) is 3.68. The molecule has 154 valence electrons. The lowest BCUT2D eigenvalue weighted by Crippen LogP contribution is -2.33. The molecule has 29 heavy (non-hydrogen) atoms. The molecule has 0 saturated heterocycles. The molecule has 4 rings (SSSR count). The number of hydrogen-bond donors (Lipinski definition) is 1. The van der Waals surface area contributed by atoms with Crippen molar-refractivity contribution in [3.63, 3.8) is 0 Å². The number of ether oxygens (including phenoxy) is 3. The minimum absolute atomic E-state index is 0.106. The second-order valence-electron chi connectivity index (χ2n) is 7.33. The van der Waals surface area contributed by atoms with Crippen LogP contribution in [-0.4, -0.2) is 39.6 Å². The Labute approximate surface area is 169 Å². The van der Waals surface area contributed by atoms with E-state index in [0.29, 0.717) is 17.1 Å². The largest absolute Gasteiger partial charge is 0.465 e. The van der Waals surface area contributed by atoms with E-state index in [0.717, 1.165) is 5.56 Å². The van der Waals surface area contributed by atoms with Crippen LogP contribution in [0.2, 0.25) is 0 Å². The molecule has 1 fully saturated rings. The normalized spacial score (nSPS) is 24.9. The summed E-state index contributed by atoms with van der Waals surface area (Å²) in [5, 5.41) is -1.01. The molecule has 0 unspecified atom stereocenters. The summed E-state index contributed by atoms with van der Waals surface area (Å²) in [4.78, 5) is 13.1. The summed E-state index contributed by atoms with van der Waals surface area (Å²) >= 11 is 0. The Kier molecular flexibility index (Phi) is 4.78. The van der Waals surface area contributed by atoms with Crippen LogP contribution in [0.3, 0.4) is 0 Å². The van der Waals surface area contributed by atoms with Crippen molar-refractivity contribution in [2.24, 2.45) is 11.1 Å². The summed E-state index contributed by atoms with van der Waals surface area (Å²) in [5.74, 6) is -0.115. The first kappa shape index (κ1) is 19.7. The lowest BCUT2D eigenvalue weighted by molar-refractivity contribution is -0.149. The predicted octanol–water partition coefficient (Wildman–Crippen LogP) is 2.17. The van der Waals surface area contributed by atoms with Gasteiger partial charge < -0.3 is 19.9 Å². The van der Waals surface area contributed by atoms with Crippen molar-refractivity contribution in [2.45, 2.75) is 29.9 Å². The quantitative estimate of drug-likeness (QED) is 0.718. The molecule has 2 aromatic rings. The number of fused-ring (bicyclic) bond motifs is 1. The Morgan fingerprint density at radius 3 is 2.52 bits per heavy atom. The van der Waals surface area contributed by atoms with Crippen LogP contribution >= 0.6 is 0 Å². The minimum Gasteiger partial charge on any atom is -0.465 e. The molecule has 2 aliphatic rings. The summed E-state index contributed by atoms with van der Waals surface area (Å²) in [5.41, 5.74) is 6.28. The highest BCUT2D eigenvalue weighted by Crippen LogP contribution is 2.64. The van der Waals surface area contributed by atoms with Crippen LogP contribution in [0.15, 0.2) is 47.4 Å². The molecule has 3 atom stereocenters. The molecular formula is C21H23NO6S. The van der Waals surface area contributed by atoms with Gasteiger partial charge in [0.1, 0.15) is 5.41 Å². The van der Waals surface area contributed by atoms with E-state index in [4.69, 9.17) is 19.9 Å². The van der Waals surface area contributed by atoms with Crippen molar-refractivity contribution in [3.05, 3.63) is 53.6 Å². The average molecular weight is 417 g/mol. The second kappa shape index (κ2) is 7.03. The highest BCUT2D eigenvalue weighted by molar-refractivity contribution is 7.92. The van der Waals surface area contributed by atoms with Gasteiger partial charge in [-0.15, -0.1) is 0 Å². The molecule has 0 aromatic heterocycles. The summed E-state index contributed by atoms with van der Waals surface area (Å²) < 4.78 is 43.0. The summed E-state index contributed by atoms with van der Waals surface area (Å²) in [6.07, 6.45) is 0. The maximum atomic E-state index is 13.5. The maximum absolute atomic E-state index is 13.5. The predicted molar refractivity (Wildman–Crippen MR) is 106 cm³/mol. The Hall–Kier alpha value is -2.58. The molecule has 0 spiro atoms. The number of rotatable bonds is 6. The highest BCUT2D eigenvalue weighted by Gasteiger charge is 2.75. The molecule has 8 heteroatoms. The van der Waals surface area contributed by atoms with Gasteiger partial charge in [-0.25, -0.2) is 8.42 Å².